The molecule has 3 heterocycles. The molecule has 4 N–H and O–H groups in total. The molecule has 0 unspecified atom stereocenters. The van der Waals surface area contributed by atoms with Gasteiger partial charge in [-0.05, 0) is 18.1 Å². The summed E-state index contributed by atoms with van der Waals surface area (Å²) in [6.07, 6.45) is 2.74. The van der Waals surface area contributed by atoms with Crippen LogP contribution in [0, 0.1) is 0 Å². The van der Waals surface area contributed by atoms with Crippen LogP contribution in [0.3, 0.4) is 0 Å². The van der Waals surface area contributed by atoms with Gasteiger partial charge in [0.25, 0.3) is 5.91 Å². The summed E-state index contributed by atoms with van der Waals surface area (Å²) in [4.78, 5) is 34.7. The highest BCUT2D eigenvalue weighted by atomic mass is 16.1. The van der Waals surface area contributed by atoms with Crippen LogP contribution >= 0.6 is 0 Å². The van der Waals surface area contributed by atoms with E-state index in [4.69, 9.17) is 10.7 Å². The Balaban J connectivity index is 1.66. The van der Waals surface area contributed by atoms with Gasteiger partial charge in [-0.2, -0.15) is 0 Å². The molecule has 0 spiro atoms. The van der Waals surface area contributed by atoms with E-state index >= 15 is 0 Å². The highest BCUT2D eigenvalue weighted by molar-refractivity contribution is 6.18. The number of primary amides is 1. The zero-order chi connectivity index (χ0) is 22.1. The van der Waals surface area contributed by atoms with Crippen molar-refractivity contribution in [2.45, 2.75) is 18.8 Å². The molecular weight excluding hydrogens is 402 g/mol. The summed E-state index contributed by atoms with van der Waals surface area (Å²) in [6, 6.07) is 18.2. The molecule has 0 bridgehead atoms. The van der Waals surface area contributed by atoms with E-state index in [-0.39, 0.29) is 11.8 Å². The normalized spacial score (nSPS) is 17.6. The molecule has 1 saturated heterocycles. The van der Waals surface area contributed by atoms with E-state index in [0.717, 1.165) is 28.5 Å². The van der Waals surface area contributed by atoms with Crippen LogP contribution in [0.5, 0.6) is 0 Å². The number of carbonyl (C=O) groups is 2. The number of carbonyl (C=O) groups excluding carboxylic acids is 2. The van der Waals surface area contributed by atoms with Crippen molar-refractivity contribution < 1.29 is 9.59 Å². The van der Waals surface area contributed by atoms with E-state index in [2.05, 4.69) is 27.3 Å². The van der Waals surface area contributed by atoms with Crippen molar-refractivity contribution in [2.75, 3.05) is 24.5 Å². The molecule has 7 heteroatoms. The molecule has 2 aromatic heterocycles. The first-order valence-electron chi connectivity index (χ1n) is 10.9. The van der Waals surface area contributed by atoms with Gasteiger partial charge >= 0.3 is 0 Å². The molecule has 0 radical (unpaired) electrons. The van der Waals surface area contributed by atoms with Gasteiger partial charge in [-0.3, -0.25) is 9.59 Å². The van der Waals surface area contributed by atoms with E-state index < -0.39 is 5.91 Å². The van der Waals surface area contributed by atoms with E-state index in [1.807, 2.05) is 42.5 Å². The van der Waals surface area contributed by atoms with E-state index in [9.17, 15) is 9.59 Å². The number of amides is 2. The van der Waals surface area contributed by atoms with Crippen LogP contribution in [-0.2, 0) is 4.79 Å². The summed E-state index contributed by atoms with van der Waals surface area (Å²) in [7, 11) is 0. The van der Waals surface area contributed by atoms with Gasteiger partial charge in [0.1, 0.15) is 5.82 Å². The fourth-order valence-corrected chi connectivity index (χ4v) is 4.58. The van der Waals surface area contributed by atoms with Crippen molar-refractivity contribution in [3.8, 4) is 0 Å². The minimum atomic E-state index is -0.512. The monoisotopic (exact) mass is 427 g/mol. The predicted octanol–water partition coefficient (Wildman–Crippen LogP) is 3.32. The standard InChI is InChI=1S/C25H25N5O2/c26-24(32)19-14-28-25(22-18-9-4-5-10-20(18)29-23(19)22)30-12-6-11-21(31)27-13-17(15-30)16-7-2-1-3-8-16/h1-5,7-10,14,17,29H,6,11-13,15H2,(H2,26,32)(H,27,31)/t17-/m0/s1. The van der Waals surface area contributed by atoms with Crippen molar-refractivity contribution in [1.29, 1.82) is 0 Å². The molecule has 162 valence electrons. The Labute approximate surface area is 185 Å². The fraction of sp³-hybridized carbons (Fsp3) is 0.240. The Bertz CT molecular complexity index is 1300. The van der Waals surface area contributed by atoms with E-state index in [1.54, 1.807) is 6.20 Å². The molecule has 32 heavy (non-hydrogen) atoms. The Morgan fingerprint density at radius 1 is 1.09 bits per heavy atom. The number of nitrogens with one attached hydrogen (secondary N) is 2. The Morgan fingerprint density at radius 2 is 1.88 bits per heavy atom. The number of nitrogens with two attached hydrogens (primary N) is 1. The van der Waals surface area contributed by atoms with Crippen LogP contribution in [0.25, 0.3) is 21.8 Å². The van der Waals surface area contributed by atoms with Crippen molar-refractivity contribution in [3.05, 3.63) is 71.9 Å². The molecule has 1 fully saturated rings. The predicted molar refractivity (Wildman–Crippen MR) is 126 cm³/mol. The van der Waals surface area contributed by atoms with Gasteiger partial charge in [-0.15, -0.1) is 0 Å². The molecule has 2 aromatic carbocycles. The Hall–Kier alpha value is -3.87. The van der Waals surface area contributed by atoms with E-state index in [1.165, 1.54) is 5.56 Å². The van der Waals surface area contributed by atoms with Gasteiger partial charge in [0.2, 0.25) is 5.91 Å². The number of rotatable bonds is 3. The third-order valence-corrected chi connectivity index (χ3v) is 6.17. The molecule has 1 aliphatic rings. The molecule has 7 nitrogen and oxygen atoms in total. The van der Waals surface area contributed by atoms with Crippen LogP contribution in [0.2, 0.25) is 0 Å². The van der Waals surface area contributed by atoms with Gasteiger partial charge < -0.3 is 20.9 Å². The number of hydrogen-bond acceptors (Lipinski definition) is 4. The first-order valence-corrected chi connectivity index (χ1v) is 10.9. The zero-order valence-corrected chi connectivity index (χ0v) is 17.7. The number of pyridine rings is 1. The molecule has 4 aromatic rings. The number of anilines is 1. The Kier molecular flexibility index (Phi) is 5.23. The molecule has 0 aliphatic carbocycles. The van der Waals surface area contributed by atoms with Crippen molar-refractivity contribution in [1.82, 2.24) is 15.3 Å². The summed E-state index contributed by atoms with van der Waals surface area (Å²) < 4.78 is 0. The van der Waals surface area contributed by atoms with Crippen LogP contribution in [0.1, 0.15) is 34.7 Å². The minimum absolute atomic E-state index is 0.0713. The lowest BCUT2D eigenvalue weighted by Gasteiger charge is -2.29. The second-order valence-corrected chi connectivity index (χ2v) is 8.24. The van der Waals surface area contributed by atoms with Gasteiger partial charge in [0, 0.05) is 49.1 Å². The fourth-order valence-electron chi connectivity index (χ4n) is 4.58. The second-order valence-electron chi connectivity index (χ2n) is 8.24. The second kappa shape index (κ2) is 8.34. The lowest BCUT2D eigenvalue weighted by molar-refractivity contribution is -0.121. The van der Waals surface area contributed by atoms with E-state index in [0.29, 0.717) is 37.1 Å². The van der Waals surface area contributed by atoms with Crippen LogP contribution < -0.4 is 16.0 Å². The summed E-state index contributed by atoms with van der Waals surface area (Å²) >= 11 is 0. The summed E-state index contributed by atoms with van der Waals surface area (Å²) in [5.41, 5.74) is 8.83. The largest absolute Gasteiger partial charge is 0.365 e. The minimum Gasteiger partial charge on any atom is -0.365 e. The number of fused-ring (bicyclic) bond motifs is 3. The summed E-state index contributed by atoms with van der Waals surface area (Å²) in [5, 5.41) is 4.97. The van der Waals surface area contributed by atoms with Gasteiger partial charge in [-0.25, -0.2) is 4.98 Å². The smallest absolute Gasteiger partial charge is 0.252 e. The quantitative estimate of drug-likeness (QED) is 0.467. The van der Waals surface area contributed by atoms with Crippen molar-refractivity contribution in [2.24, 2.45) is 5.73 Å². The summed E-state index contributed by atoms with van der Waals surface area (Å²) in [6.45, 7) is 1.95. The zero-order valence-electron chi connectivity index (χ0n) is 17.7. The number of aromatic amines is 1. The third-order valence-electron chi connectivity index (χ3n) is 6.17. The van der Waals surface area contributed by atoms with Gasteiger partial charge in [-0.1, -0.05) is 48.5 Å². The third kappa shape index (κ3) is 3.66. The number of para-hydroxylation sites is 1. The first kappa shape index (κ1) is 20.1. The number of benzene rings is 2. The average molecular weight is 428 g/mol. The number of nitrogens with zero attached hydrogens (tertiary/aromatic N) is 2. The maximum Gasteiger partial charge on any atom is 0.252 e. The molecule has 1 atom stereocenters. The topological polar surface area (TPSA) is 104 Å². The molecule has 1 aliphatic heterocycles. The van der Waals surface area contributed by atoms with Crippen LogP contribution in [0.15, 0.2) is 60.8 Å². The van der Waals surface area contributed by atoms with Crippen molar-refractivity contribution >= 4 is 39.4 Å². The van der Waals surface area contributed by atoms with Crippen LogP contribution in [-0.4, -0.2) is 41.4 Å². The highest BCUT2D eigenvalue weighted by Gasteiger charge is 2.24. The lowest BCUT2D eigenvalue weighted by Crippen LogP contribution is -2.34. The van der Waals surface area contributed by atoms with Crippen LogP contribution in [0.4, 0.5) is 5.82 Å². The molecule has 2 amide bonds. The summed E-state index contributed by atoms with van der Waals surface area (Å²) in [5.74, 6) is 0.470. The van der Waals surface area contributed by atoms with Crippen molar-refractivity contribution in [3.63, 3.8) is 0 Å². The number of aromatic nitrogens is 2. The number of hydrogen-bond donors (Lipinski definition) is 3. The number of H-pyrrole nitrogens is 1. The SMILES string of the molecule is NC(=O)c1cnc(N2CCCC(=O)NC[C@H](c3ccccc3)C2)c2c1[nH]c1ccccc12. The lowest BCUT2D eigenvalue weighted by atomic mass is 9.98. The molecular formula is C25H25N5O2. The molecule has 5 rings (SSSR count). The maximum absolute atomic E-state index is 12.3. The average Bonchev–Trinajstić information content (AvgIpc) is 3.23. The van der Waals surface area contributed by atoms with Gasteiger partial charge in [0.05, 0.1) is 16.5 Å². The maximum atomic E-state index is 12.3. The first-order chi connectivity index (χ1) is 15.6. The highest BCUT2D eigenvalue weighted by Crippen LogP contribution is 2.35. The Morgan fingerprint density at radius 3 is 2.69 bits per heavy atom. The van der Waals surface area contributed by atoms with Gasteiger partial charge in [0.15, 0.2) is 0 Å². The molecule has 0 saturated carbocycles.